The molecule has 4 rings (SSSR count). The third-order valence-corrected chi connectivity index (χ3v) is 5.19. The lowest BCUT2D eigenvalue weighted by Gasteiger charge is -2.13. The molecule has 1 amide bonds. The van der Waals surface area contributed by atoms with Gasteiger partial charge in [-0.3, -0.25) is 9.48 Å². The van der Waals surface area contributed by atoms with Gasteiger partial charge in [0.15, 0.2) is 5.82 Å². The molecule has 0 bridgehead atoms. The maximum absolute atomic E-state index is 12.6. The van der Waals surface area contributed by atoms with E-state index in [-0.39, 0.29) is 11.8 Å². The van der Waals surface area contributed by atoms with E-state index in [9.17, 15) is 4.79 Å². The number of rotatable bonds is 4. The summed E-state index contributed by atoms with van der Waals surface area (Å²) in [6.07, 6.45) is 7.54. The van der Waals surface area contributed by atoms with Crippen molar-refractivity contribution in [3.8, 4) is 0 Å². The Bertz CT molecular complexity index is 716. The number of amides is 1. The molecule has 0 N–H and O–H groups in total. The molecule has 1 atom stereocenters. The Morgan fingerprint density at radius 3 is 2.88 bits per heavy atom. The van der Waals surface area contributed by atoms with Crippen LogP contribution in [-0.2, 0) is 6.54 Å². The van der Waals surface area contributed by atoms with Crippen LogP contribution in [0.2, 0.25) is 0 Å². The van der Waals surface area contributed by atoms with Crippen molar-refractivity contribution in [2.24, 2.45) is 0 Å². The van der Waals surface area contributed by atoms with Gasteiger partial charge in [-0.15, -0.1) is 0 Å². The van der Waals surface area contributed by atoms with Crippen molar-refractivity contribution < 1.29 is 9.32 Å². The summed E-state index contributed by atoms with van der Waals surface area (Å²) in [7, 11) is 0. The van der Waals surface area contributed by atoms with E-state index in [0.717, 1.165) is 31.6 Å². The van der Waals surface area contributed by atoms with Crippen LogP contribution in [0.5, 0.6) is 0 Å². The highest BCUT2D eigenvalue weighted by Gasteiger charge is 2.33. The van der Waals surface area contributed by atoms with Crippen LogP contribution in [0.4, 0.5) is 0 Å². The molecule has 2 aromatic rings. The van der Waals surface area contributed by atoms with Crippen molar-refractivity contribution in [1.29, 1.82) is 0 Å². The van der Waals surface area contributed by atoms with Gasteiger partial charge in [0.25, 0.3) is 5.91 Å². The maximum atomic E-state index is 12.6. The fraction of sp³-hybridized carbons (Fsp3) is 0.647. The summed E-state index contributed by atoms with van der Waals surface area (Å²) in [6.45, 7) is 4.11. The number of likely N-dealkylation sites (tertiary alicyclic amines) is 1. The molecule has 3 heterocycles. The molecule has 1 saturated carbocycles. The fourth-order valence-electron chi connectivity index (χ4n) is 3.72. The lowest BCUT2D eigenvalue weighted by molar-refractivity contribution is 0.0783. The first-order valence-corrected chi connectivity index (χ1v) is 8.91. The number of hydrogen-bond donors (Lipinski definition) is 0. The monoisotopic (exact) mass is 329 g/mol. The average Bonchev–Trinajstić information content (AvgIpc) is 3.41. The second kappa shape index (κ2) is 6.37. The van der Waals surface area contributed by atoms with Crippen LogP contribution in [0.1, 0.15) is 73.1 Å². The molecular formula is C17H23N5O2. The molecule has 1 unspecified atom stereocenters. The molecule has 2 aromatic heterocycles. The summed E-state index contributed by atoms with van der Waals surface area (Å²) in [6, 6.07) is 1.78. The molecule has 128 valence electrons. The van der Waals surface area contributed by atoms with Crippen LogP contribution in [0, 0.1) is 0 Å². The van der Waals surface area contributed by atoms with E-state index in [2.05, 4.69) is 15.2 Å². The zero-order valence-corrected chi connectivity index (χ0v) is 14.0. The highest BCUT2D eigenvalue weighted by atomic mass is 16.5. The second-order valence-corrected chi connectivity index (χ2v) is 6.77. The SMILES string of the molecule is CCn1ccc(C(=O)N2CCC(c3nc(C4CCCC4)no3)C2)n1. The standard InChI is InChI=1S/C17H23N5O2/c1-2-22-10-8-14(19-22)17(23)21-9-7-13(11-21)16-18-15(20-24-16)12-5-3-4-6-12/h8,10,12-13H,2-7,9,11H2,1H3. The average molecular weight is 329 g/mol. The first-order chi connectivity index (χ1) is 11.7. The van der Waals surface area contributed by atoms with Gasteiger partial charge in [-0.25, -0.2) is 0 Å². The Morgan fingerprint density at radius 2 is 2.12 bits per heavy atom. The Hall–Kier alpha value is -2.18. The van der Waals surface area contributed by atoms with E-state index in [0.29, 0.717) is 30.6 Å². The zero-order valence-electron chi connectivity index (χ0n) is 14.0. The first-order valence-electron chi connectivity index (χ1n) is 8.91. The lowest BCUT2D eigenvalue weighted by atomic mass is 10.1. The summed E-state index contributed by atoms with van der Waals surface area (Å²) < 4.78 is 7.27. The summed E-state index contributed by atoms with van der Waals surface area (Å²) in [5, 5.41) is 8.48. The molecular weight excluding hydrogens is 306 g/mol. The van der Waals surface area contributed by atoms with E-state index >= 15 is 0 Å². The molecule has 2 fully saturated rings. The van der Waals surface area contributed by atoms with Crippen LogP contribution < -0.4 is 0 Å². The molecule has 1 aliphatic carbocycles. The second-order valence-electron chi connectivity index (χ2n) is 6.77. The largest absolute Gasteiger partial charge is 0.339 e. The van der Waals surface area contributed by atoms with Gasteiger partial charge in [0.2, 0.25) is 5.89 Å². The van der Waals surface area contributed by atoms with Gasteiger partial charge in [-0.2, -0.15) is 10.1 Å². The third kappa shape index (κ3) is 2.83. The molecule has 7 nitrogen and oxygen atoms in total. The van der Waals surface area contributed by atoms with E-state index in [4.69, 9.17) is 4.52 Å². The quantitative estimate of drug-likeness (QED) is 0.861. The number of hydrogen-bond acceptors (Lipinski definition) is 5. The number of carbonyl (C=O) groups excluding carboxylic acids is 1. The van der Waals surface area contributed by atoms with Gasteiger partial charge in [0.1, 0.15) is 5.69 Å². The van der Waals surface area contributed by atoms with Crippen molar-refractivity contribution in [2.75, 3.05) is 13.1 Å². The van der Waals surface area contributed by atoms with Crippen LogP contribution in [0.25, 0.3) is 0 Å². The fourth-order valence-corrected chi connectivity index (χ4v) is 3.72. The molecule has 1 aliphatic heterocycles. The smallest absolute Gasteiger partial charge is 0.274 e. The highest BCUT2D eigenvalue weighted by molar-refractivity contribution is 5.92. The van der Waals surface area contributed by atoms with Gasteiger partial charge >= 0.3 is 0 Å². The molecule has 0 radical (unpaired) electrons. The normalized spacial score (nSPS) is 21.7. The molecule has 0 aromatic carbocycles. The lowest BCUT2D eigenvalue weighted by Crippen LogP contribution is -2.29. The van der Waals surface area contributed by atoms with Crippen molar-refractivity contribution >= 4 is 5.91 Å². The Kier molecular flexibility index (Phi) is 4.08. The van der Waals surface area contributed by atoms with Gasteiger partial charge in [-0.05, 0) is 32.3 Å². The van der Waals surface area contributed by atoms with Crippen LogP contribution in [0.3, 0.4) is 0 Å². The number of carbonyl (C=O) groups is 1. The van der Waals surface area contributed by atoms with Crippen LogP contribution in [0.15, 0.2) is 16.8 Å². The minimum Gasteiger partial charge on any atom is -0.339 e. The van der Waals surface area contributed by atoms with Crippen molar-refractivity contribution in [2.45, 2.75) is 57.4 Å². The predicted octanol–water partition coefficient (Wildman–Crippen LogP) is 2.57. The summed E-state index contributed by atoms with van der Waals surface area (Å²) in [5.74, 6) is 2.13. The van der Waals surface area contributed by atoms with Gasteiger partial charge in [0, 0.05) is 31.7 Å². The molecule has 0 spiro atoms. The van der Waals surface area contributed by atoms with E-state index in [1.807, 2.05) is 18.0 Å². The Balaban J connectivity index is 1.41. The minimum absolute atomic E-state index is 0.0137. The summed E-state index contributed by atoms with van der Waals surface area (Å²) in [4.78, 5) is 19.0. The van der Waals surface area contributed by atoms with Crippen LogP contribution in [-0.4, -0.2) is 43.8 Å². The molecule has 1 saturated heterocycles. The first kappa shape index (κ1) is 15.4. The Morgan fingerprint density at radius 1 is 1.29 bits per heavy atom. The Labute approximate surface area is 141 Å². The predicted molar refractivity (Wildman–Crippen MR) is 86.7 cm³/mol. The number of aryl methyl sites for hydroxylation is 1. The van der Waals surface area contributed by atoms with Crippen molar-refractivity contribution in [1.82, 2.24) is 24.8 Å². The zero-order chi connectivity index (χ0) is 16.5. The maximum Gasteiger partial charge on any atom is 0.274 e. The molecule has 7 heteroatoms. The van der Waals surface area contributed by atoms with Gasteiger partial charge < -0.3 is 9.42 Å². The summed E-state index contributed by atoms with van der Waals surface area (Å²) in [5.41, 5.74) is 0.509. The third-order valence-electron chi connectivity index (χ3n) is 5.19. The molecule has 2 aliphatic rings. The van der Waals surface area contributed by atoms with E-state index in [1.54, 1.807) is 10.7 Å². The topological polar surface area (TPSA) is 77.0 Å². The highest BCUT2D eigenvalue weighted by Crippen LogP contribution is 2.34. The number of nitrogens with zero attached hydrogens (tertiary/aromatic N) is 5. The van der Waals surface area contributed by atoms with E-state index < -0.39 is 0 Å². The van der Waals surface area contributed by atoms with Crippen molar-refractivity contribution in [3.63, 3.8) is 0 Å². The van der Waals surface area contributed by atoms with Gasteiger partial charge in [-0.1, -0.05) is 18.0 Å². The van der Waals surface area contributed by atoms with Gasteiger partial charge in [0.05, 0.1) is 5.92 Å². The molecule has 24 heavy (non-hydrogen) atoms. The van der Waals surface area contributed by atoms with Crippen LogP contribution >= 0.6 is 0 Å². The van der Waals surface area contributed by atoms with E-state index in [1.165, 1.54) is 12.8 Å². The van der Waals surface area contributed by atoms with Crippen molar-refractivity contribution in [3.05, 3.63) is 29.7 Å². The summed E-state index contributed by atoms with van der Waals surface area (Å²) >= 11 is 0. The minimum atomic E-state index is -0.0137. The number of aromatic nitrogens is 4.